The fourth-order valence-electron chi connectivity index (χ4n) is 2.29. The Bertz CT molecular complexity index is 846. The van der Waals surface area contributed by atoms with Gasteiger partial charge in [-0.25, -0.2) is 9.78 Å². The van der Waals surface area contributed by atoms with Crippen molar-refractivity contribution in [2.24, 2.45) is 0 Å². The lowest BCUT2D eigenvalue weighted by molar-refractivity contribution is -0.119. The number of oxazole rings is 1. The third-order valence-electron chi connectivity index (χ3n) is 3.41. The van der Waals surface area contributed by atoms with Crippen LogP contribution in [0.5, 0.6) is 0 Å². The zero-order chi connectivity index (χ0) is 17.6. The number of hydrogen-bond acceptors (Lipinski definition) is 5. The smallest absolute Gasteiger partial charge is 0.321 e. The molecule has 0 saturated heterocycles. The van der Waals surface area contributed by atoms with E-state index < -0.39 is 17.2 Å². The number of imide groups is 1. The van der Waals surface area contributed by atoms with Gasteiger partial charge >= 0.3 is 6.03 Å². The molecule has 0 spiro atoms. The van der Waals surface area contributed by atoms with Gasteiger partial charge in [-0.3, -0.25) is 10.1 Å². The summed E-state index contributed by atoms with van der Waals surface area (Å²) in [6.45, 7) is 2.22. The van der Waals surface area contributed by atoms with E-state index in [2.05, 4.69) is 15.6 Å². The number of urea groups is 1. The van der Waals surface area contributed by atoms with Gasteiger partial charge in [0.25, 0.3) is 5.22 Å². The first-order valence-electron chi connectivity index (χ1n) is 7.83. The third kappa shape index (κ3) is 4.19. The monoisotopic (exact) mass is 355 g/mol. The molecule has 7 heteroatoms. The molecule has 0 radical (unpaired) electrons. The van der Waals surface area contributed by atoms with Gasteiger partial charge in [-0.15, -0.1) is 0 Å². The molecule has 2 N–H and O–H groups in total. The quantitative estimate of drug-likeness (QED) is 0.684. The van der Waals surface area contributed by atoms with Crippen LogP contribution >= 0.6 is 11.8 Å². The predicted octanol–water partition coefficient (Wildman–Crippen LogP) is 3.51. The van der Waals surface area contributed by atoms with Gasteiger partial charge in [0.1, 0.15) is 10.8 Å². The number of aromatic nitrogens is 1. The van der Waals surface area contributed by atoms with Crippen molar-refractivity contribution in [2.75, 3.05) is 6.54 Å². The van der Waals surface area contributed by atoms with Gasteiger partial charge in [-0.1, -0.05) is 42.5 Å². The van der Waals surface area contributed by atoms with Gasteiger partial charge in [-0.05, 0) is 36.4 Å². The summed E-state index contributed by atoms with van der Waals surface area (Å²) in [7, 11) is 0. The van der Waals surface area contributed by atoms with Crippen LogP contribution in [0, 0.1) is 0 Å². The lowest BCUT2D eigenvalue weighted by atomic mass is 10.1. The number of nitrogens with one attached hydrogen (secondary N) is 2. The van der Waals surface area contributed by atoms with Crippen molar-refractivity contribution < 1.29 is 14.0 Å². The summed E-state index contributed by atoms with van der Waals surface area (Å²) in [5.74, 6) is -0.426. The molecule has 2 aromatic carbocycles. The molecule has 0 unspecified atom stereocenters. The number of rotatable bonds is 5. The Hall–Kier alpha value is -2.80. The van der Waals surface area contributed by atoms with Crippen molar-refractivity contribution in [3.05, 3.63) is 60.2 Å². The van der Waals surface area contributed by atoms with Gasteiger partial charge in [0, 0.05) is 6.54 Å². The largest absolute Gasteiger partial charge is 0.431 e. The van der Waals surface area contributed by atoms with E-state index >= 15 is 0 Å². The number of amides is 3. The van der Waals surface area contributed by atoms with Crippen molar-refractivity contribution >= 4 is 34.8 Å². The van der Waals surface area contributed by atoms with Crippen molar-refractivity contribution in [3.8, 4) is 0 Å². The summed E-state index contributed by atoms with van der Waals surface area (Å²) < 4.78 is 5.69. The lowest BCUT2D eigenvalue weighted by Crippen LogP contribution is -2.41. The molecule has 25 heavy (non-hydrogen) atoms. The van der Waals surface area contributed by atoms with Crippen molar-refractivity contribution in [1.29, 1.82) is 0 Å². The molecule has 3 amide bonds. The minimum absolute atomic E-state index is 0.376. The summed E-state index contributed by atoms with van der Waals surface area (Å²) in [4.78, 5) is 28.7. The summed E-state index contributed by atoms with van der Waals surface area (Å²) in [6.07, 6.45) is 0. The Labute approximate surface area is 149 Å². The Morgan fingerprint density at radius 1 is 1.12 bits per heavy atom. The minimum Gasteiger partial charge on any atom is -0.431 e. The maximum absolute atomic E-state index is 12.6. The standard InChI is InChI=1S/C18H17N3O3S/c1-2-19-17(23)21-16(22)15(12-8-4-3-5-9-12)25-18-20-13-10-6-7-11-14(13)24-18/h3-11,15H,2H2,1H3,(H2,19,21,22,23)/t15-/m1/s1. The number of nitrogens with zero attached hydrogens (tertiary/aromatic N) is 1. The minimum atomic E-state index is -0.656. The highest BCUT2D eigenvalue weighted by Gasteiger charge is 2.26. The zero-order valence-electron chi connectivity index (χ0n) is 13.6. The molecule has 0 saturated carbocycles. The Morgan fingerprint density at radius 3 is 2.56 bits per heavy atom. The van der Waals surface area contributed by atoms with E-state index in [0.29, 0.717) is 17.4 Å². The van der Waals surface area contributed by atoms with E-state index in [4.69, 9.17) is 4.42 Å². The van der Waals surface area contributed by atoms with E-state index in [1.165, 1.54) is 11.8 Å². The summed E-state index contributed by atoms with van der Waals surface area (Å²) in [5.41, 5.74) is 2.14. The maximum atomic E-state index is 12.6. The van der Waals surface area contributed by atoms with E-state index in [1.807, 2.05) is 54.6 Å². The fraction of sp³-hybridized carbons (Fsp3) is 0.167. The average molecular weight is 355 g/mol. The zero-order valence-corrected chi connectivity index (χ0v) is 14.4. The molecule has 0 aliphatic carbocycles. The highest BCUT2D eigenvalue weighted by molar-refractivity contribution is 8.00. The fourth-order valence-corrected chi connectivity index (χ4v) is 3.24. The molecule has 0 fully saturated rings. The highest BCUT2D eigenvalue weighted by Crippen LogP contribution is 2.36. The van der Waals surface area contributed by atoms with Crippen LogP contribution in [-0.4, -0.2) is 23.5 Å². The molecule has 1 aromatic heterocycles. The van der Waals surface area contributed by atoms with Crippen molar-refractivity contribution in [3.63, 3.8) is 0 Å². The molecule has 1 heterocycles. The summed E-state index contributed by atoms with van der Waals surface area (Å²) in [5, 5.41) is 4.62. The van der Waals surface area contributed by atoms with Crippen molar-refractivity contribution in [2.45, 2.75) is 17.4 Å². The van der Waals surface area contributed by atoms with Crippen LogP contribution in [0.4, 0.5) is 4.79 Å². The van der Waals surface area contributed by atoms with Gasteiger partial charge in [0.2, 0.25) is 5.91 Å². The Morgan fingerprint density at radius 2 is 1.84 bits per heavy atom. The number of para-hydroxylation sites is 2. The Balaban J connectivity index is 1.85. The van der Waals surface area contributed by atoms with E-state index in [9.17, 15) is 9.59 Å². The van der Waals surface area contributed by atoms with Crippen LogP contribution in [0.15, 0.2) is 64.2 Å². The number of fused-ring (bicyclic) bond motifs is 1. The van der Waals surface area contributed by atoms with Crippen LogP contribution in [0.2, 0.25) is 0 Å². The second kappa shape index (κ2) is 7.85. The molecule has 1 atom stereocenters. The molecule has 6 nitrogen and oxygen atoms in total. The normalized spacial score (nSPS) is 11.9. The van der Waals surface area contributed by atoms with E-state index in [-0.39, 0.29) is 0 Å². The van der Waals surface area contributed by atoms with Gasteiger partial charge in [0.15, 0.2) is 5.58 Å². The molecule has 3 rings (SSSR count). The SMILES string of the molecule is CCNC(=O)NC(=O)[C@H](Sc1nc2ccccc2o1)c1ccccc1. The molecule has 0 aliphatic heterocycles. The van der Waals surface area contributed by atoms with Crippen LogP contribution in [0.3, 0.4) is 0 Å². The number of carbonyl (C=O) groups is 2. The second-order valence-corrected chi connectivity index (χ2v) is 6.26. The van der Waals surface area contributed by atoms with Crippen LogP contribution < -0.4 is 10.6 Å². The van der Waals surface area contributed by atoms with Gasteiger partial charge in [0.05, 0.1) is 0 Å². The average Bonchev–Trinajstić information content (AvgIpc) is 3.03. The van der Waals surface area contributed by atoms with Gasteiger partial charge in [-0.2, -0.15) is 0 Å². The van der Waals surface area contributed by atoms with Gasteiger partial charge < -0.3 is 9.73 Å². The predicted molar refractivity (Wildman–Crippen MR) is 96.3 cm³/mol. The van der Waals surface area contributed by atoms with Crippen LogP contribution in [0.25, 0.3) is 11.1 Å². The molecular formula is C18H17N3O3S. The molecule has 3 aromatic rings. The summed E-state index contributed by atoms with van der Waals surface area (Å²) in [6, 6.07) is 16.1. The first-order chi connectivity index (χ1) is 12.2. The Kier molecular flexibility index (Phi) is 5.35. The van der Waals surface area contributed by atoms with E-state index in [0.717, 1.165) is 11.1 Å². The lowest BCUT2D eigenvalue weighted by Gasteiger charge is -2.14. The number of carbonyl (C=O) groups excluding carboxylic acids is 2. The van der Waals surface area contributed by atoms with Crippen LogP contribution in [-0.2, 0) is 4.79 Å². The highest BCUT2D eigenvalue weighted by atomic mass is 32.2. The topological polar surface area (TPSA) is 84.2 Å². The molecule has 128 valence electrons. The van der Waals surface area contributed by atoms with E-state index in [1.54, 1.807) is 6.92 Å². The third-order valence-corrected chi connectivity index (χ3v) is 4.51. The first kappa shape index (κ1) is 17.0. The number of benzene rings is 2. The first-order valence-corrected chi connectivity index (χ1v) is 8.71. The second-order valence-electron chi connectivity index (χ2n) is 5.20. The van der Waals surface area contributed by atoms with Crippen molar-refractivity contribution in [1.82, 2.24) is 15.6 Å². The van der Waals surface area contributed by atoms with Crippen LogP contribution in [0.1, 0.15) is 17.7 Å². The molecular weight excluding hydrogens is 338 g/mol. The molecule has 0 aliphatic rings. The number of hydrogen-bond donors (Lipinski definition) is 2. The maximum Gasteiger partial charge on any atom is 0.321 e. The summed E-state index contributed by atoms with van der Waals surface area (Å²) >= 11 is 1.17. The molecule has 0 bridgehead atoms. The number of thioether (sulfide) groups is 1.